The summed E-state index contributed by atoms with van der Waals surface area (Å²) in [6.45, 7) is 23.0. The molecule has 3 radical (unpaired) electrons. The van der Waals surface area contributed by atoms with Crippen LogP contribution in [-0.2, 0) is 80.6 Å². The van der Waals surface area contributed by atoms with Crippen LogP contribution in [0.1, 0.15) is 158 Å². The number of hydrogen-bond acceptors (Lipinski definition) is 23. The molecule has 142 heavy (non-hydrogen) atoms. The van der Waals surface area contributed by atoms with Crippen LogP contribution in [0.25, 0.3) is 6.08 Å². The molecule has 10 aromatic rings. The maximum absolute atomic E-state index is 14.2. The first-order valence-corrected chi connectivity index (χ1v) is 49.8. The number of carbonyl (C=O) groups is 6. The second-order valence-corrected chi connectivity index (χ2v) is 40.6. The summed E-state index contributed by atoms with van der Waals surface area (Å²) < 4.78 is 60.7. The molecule has 0 bridgehead atoms. The van der Waals surface area contributed by atoms with Crippen LogP contribution in [0.5, 0.6) is 34.5 Å². The van der Waals surface area contributed by atoms with Gasteiger partial charge < -0.3 is 73.7 Å². The minimum Gasteiger partial charge on any atom is -1.00 e. The van der Waals surface area contributed by atoms with E-state index < -0.39 is 21.4 Å². The minimum atomic E-state index is -0.874. The molecular weight excluding hydrogens is 1850 g/mol. The van der Waals surface area contributed by atoms with Gasteiger partial charge in [0, 0.05) is 148 Å². The number of ether oxygens (including phenoxy) is 10. The number of carboxylic acid groups (broad SMARTS) is 2. The Balaban J connectivity index is 0.000000222. The minimum absolute atomic E-state index is 0. The molecule has 0 saturated heterocycles. The number of aliphatic carboxylic acids is 2. The SMILES string of the molecule is CCCOCCOCCN(CC(C)(C)SCC(=O)O)c1cc(COc2cc3c(cc2C)C(=O)N2c4ccccc4C[C@H]2C=N3)cc(COc2cc3c(cc2OC)C(=O)N2c4ccccc4C[C@H]2C=C3)c1.CCCOCCOCCN(CC(C)(C)SCC(=O)O)c1cc(COc2cc3c(cc2C)C(=O)N2c4ccccc4C[C@H]2C=N3)cc(COc2cc3c(cc2OC)C(=O)N2c4ccccc4C[C@H]2C=N3)c1.[B].[H-].[Na+]. The standard InChI is InChI=1S/C56H60N4O9S.C55H59N5O9S.B.Na.H/c1-6-18-66-20-21-67-19-17-58(35-56(3,4)70-34-53(61)62)43-24-37(32-68-50-30-47-46(22-36(50)2)55(64)60-44(31-57-47)27-41-12-8-10-14-49(41)60)23-38(25-43)33-69-52-28-39-15-16-42-26-40-11-7-9-13-48(40)59(42)54(63)45(39)29-51(52)65-5;1-6-16-66-18-19-67-17-15-58(34-55(3,4)70-33-52(61)62)40-22-36(31-68-49-27-45-43(20-35(49)2)53(63)59-41(29-56-45)24-38-11-7-9-13-47(38)59)21-37(23-40)32-69-51-28-46-44(26-50(51)65-5)54(64)60-42(30-57-46)25-39-12-8-10-14-48(39)60;;;/h7-16,22-25,28-31,42,44H,6,17-21,26-27,32-35H2,1-5H3,(H,61,62);7-14,20-23,26-30,41-42H,6,15-19,24-25,31-34H2,1-5H3,(H,61,62);;;/q;;;+1;-1/t42-,44+;41-,42-;;;/m10.../s1. The van der Waals surface area contributed by atoms with Crippen LogP contribution in [0.2, 0.25) is 0 Å². The molecule has 8 aliphatic heterocycles. The summed E-state index contributed by atoms with van der Waals surface area (Å²) in [4.78, 5) is 106. The van der Waals surface area contributed by atoms with Gasteiger partial charge in [-0.05, 0) is 213 Å². The second kappa shape index (κ2) is 46.9. The van der Waals surface area contributed by atoms with E-state index in [1.54, 1.807) is 37.3 Å². The molecule has 8 aliphatic rings. The molecule has 0 unspecified atom stereocenters. The molecule has 0 aromatic heterocycles. The largest absolute Gasteiger partial charge is 1.00 e. The molecule has 0 saturated carbocycles. The van der Waals surface area contributed by atoms with E-state index in [-0.39, 0.29) is 125 Å². The number of benzene rings is 10. The fourth-order valence-corrected chi connectivity index (χ4v) is 20.7. The maximum atomic E-state index is 14.2. The zero-order chi connectivity index (χ0) is 97.9. The van der Waals surface area contributed by atoms with Crippen molar-refractivity contribution in [2.24, 2.45) is 15.0 Å². The Kier molecular flexibility index (Phi) is 34.4. The van der Waals surface area contributed by atoms with Crippen molar-refractivity contribution < 1.29 is 117 Å². The molecule has 0 fully saturated rings. The van der Waals surface area contributed by atoms with Gasteiger partial charge in [0.1, 0.15) is 37.9 Å². The van der Waals surface area contributed by atoms with Crippen LogP contribution >= 0.6 is 23.5 Å². The summed E-state index contributed by atoms with van der Waals surface area (Å²) in [5.41, 5.74) is 19.2. The van der Waals surface area contributed by atoms with Crippen LogP contribution in [-0.4, -0.2) is 211 Å². The molecule has 4 atom stereocenters. The summed E-state index contributed by atoms with van der Waals surface area (Å²) in [7, 11) is 3.13. The van der Waals surface area contributed by atoms with Crippen molar-refractivity contribution in [3.8, 4) is 34.5 Å². The Bertz CT molecular complexity index is 6100. The van der Waals surface area contributed by atoms with Crippen molar-refractivity contribution in [3.05, 3.63) is 272 Å². The number of methoxy groups -OCH3 is 2. The first-order valence-electron chi connectivity index (χ1n) is 47.8. The molecule has 2 N–H and O–H groups in total. The first-order chi connectivity index (χ1) is 67.8. The van der Waals surface area contributed by atoms with Gasteiger partial charge in [-0.15, -0.1) is 23.5 Å². The van der Waals surface area contributed by atoms with Gasteiger partial charge in [-0.2, -0.15) is 0 Å². The average Bonchev–Trinajstić information content (AvgIpc) is 1.62. The molecule has 18 rings (SSSR count). The predicted molar refractivity (Wildman–Crippen MR) is 559 cm³/mol. The number of aryl methyl sites for hydroxylation is 2. The molecule has 10 aromatic carbocycles. The number of rotatable bonds is 42. The Morgan fingerprint density at radius 1 is 0.408 bits per heavy atom. The number of fused-ring (bicyclic) bond motifs is 16. The number of para-hydroxylation sites is 4. The number of aliphatic imine (C=N–C) groups is 3. The molecule has 733 valence electrons. The van der Waals surface area contributed by atoms with E-state index >= 15 is 0 Å². The van der Waals surface area contributed by atoms with Crippen molar-refractivity contribution in [1.82, 2.24) is 0 Å². The summed E-state index contributed by atoms with van der Waals surface area (Å²) in [6.07, 6.45) is 14.3. The zero-order valence-corrected chi connectivity index (χ0v) is 86.0. The summed E-state index contributed by atoms with van der Waals surface area (Å²) in [5, 5.41) is 19.2. The number of carboxylic acids is 2. The summed E-state index contributed by atoms with van der Waals surface area (Å²) in [6, 6.07) is 58.3. The monoisotopic (exact) mass is 1960 g/mol. The van der Waals surface area contributed by atoms with Gasteiger partial charge in [-0.1, -0.05) is 98.8 Å². The maximum Gasteiger partial charge on any atom is 1.00 e. The Hall–Kier alpha value is -12.2. The van der Waals surface area contributed by atoms with Crippen LogP contribution in [0, 0.1) is 13.8 Å². The number of anilines is 6. The van der Waals surface area contributed by atoms with E-state index in [1.165, 1.54) is 23.5 Å². The topological polar surface area (TPSA) is 292 Å². The molecule has 0 spiro atoms. The number of hydrogen-bond donors (Lipinski definition) is 2. The molecular formula is C111H120BN9NaO18S2. The van der Waals surface area contributed by atoms with Crippen LogP contribution in [0.4, 0.5) is 51.2 Å². The van der Waals surface area contributed by atoms with Gasteiger partial charge in [0.05, 0.1) is 129 Å². The number of thioether (sulfide) groups is 2. The van der Waals surface area contributed by atoms with Gasteiger partial charge >= 0.3 is 41.5 Å². The van der Waals surface area contributed by atoms with Crippen molar-refractivity contribution in [3.63, 3.8) is 0 Å². The third kappa shape index (κ3) is 24.1. The normalized spacial score (nSPS) is 16.2. The van der Waals surface area contributed by atoms with E-state index in [0.29, 0.717) is 172 Å². The van der Waals surface area contributed by atoms with E-state index in [1.807, 2.05) is 202 Å². The van der Waals surface area contributed by atoms with Crippen LogP contribution in [0.15, 0.2) is 203 Å². The smallest absolute Gasteiger partial charge is 1.00 e. The van der Waals surface area contributed by atoms with Crippen molar-refractivity contribution in [1.29, 1.82) is 0 Å². The number of amides is 4. The van der Waals surface area contributed by atoms with E-state index in [9.17, 15) is 39.0 Å². The van der Waals surface area contributed by atoms with Gasteiger partial charge in [-0.25, -0.2) is 0 Å². The Morgan fingerprint density at radius 2 is 0.725 bits per heavy atom. The van der Waals surface area contributed by atoms with Gasteiger partial charge in [-0.3, -0.25) is 58.4 Å². The van der Waals surface area contributed by atoms with E-state index in [2.05, 4.69) is 72.2 Å². The molecule has 4 amide bonds. The molecule has 31 heteroatoms. The third-order valence-corrected chi connectivity index (χ3v) is 28.5. The van der Waals surface area contributed by atoms with E-state index in [0.717, 1.165) is 115 Å². The summed E-state index contributed by atoms with van der Waals surface area (Å²) in [5.74, 6) is 0.740. The first kappa shape index (κ1) is 104. The van der Waals surface area contributed by atoms with Crippen molar-refractivity contribution >= 4 is 143 Å². The third-order valence-electron chi connectivity index (χ3n) is 25.9. The average molecular weight is 1970 g/mol. The fourth-order valence-electron chi connectivity index (χ4n) is 19.2. The zero-order valence-electron chi connectivity index (χ0n) is 83.3. The molecule has 8 heterocycles. The summed E-state index contributed by atoms with van der Waals surface area (Å²) >= 11 is 2.76. The second-order valence-electron chi connectivity index (χ2n) is 37.2. The molecule has 0 aliphatic carbocycles. The van der Waals surface area contributed by atoms with Crippen molar-refractivity contribution in [2.75, 3.05) is 134 Å². The number of nitrogens with zero attached hydrogens (tertiary/aromatic N) is 9. The van der Waals surface area contributed by atoms with Crippen LogP contribution in [0.3, 0.4) is 0 Å². The van der Waals surface area contributed by atoms with Gasteiger partial charge in [0.2, 0.25) is 0 Å². The quantitative estimate of drug-likeness (QED) is 0.0265. The van der Waals surface area contributed by atoms with Gasteiger partial charge in [0.25, 0.3) is 23.6 Å². The fraction of sp³-hybridized carbons (Fsp3) is 0.360. The van der Waals surface area contributed by atoms with Crippen molar-refractivity contribution in [2.45, 2.75) is 154 Å². The van der Waals surface area contributed by atoms with E-state index in [4.69, 9.17) is 62.3 Å². The number of carbonyl (C=O) groups excluding carboxylic acids is 4. The molecule has 27 nitrogen and oxygen atoms in total. The van der Waals surface area contributed by atoms with Gasteiger partial charge in [0.15, 0.2) is 23.0 Å². The Labute approximate surface area is 863 Å². The predicted octanol–water partition coefficient (Wildman–Crippen LogP) is 16.2. The van der Waals surface area contributed by atoms with Crippen LogP contribution < -0.4 is 87.4 Å². The Morgan fingerprint density at radius 3 is 1.09 bits per heavy atom.